The van der Waals surface area contributed by atoms with E-state index in [0.29, 0.717) is 17.2 Å². The van der Waals surface area contributed by atoms with Crippen LogP contribution in [0.15, 0.2) is 15.9 Å². The molecule has 3 atom stereocenters. The molecule has 17 heavy (non-hydrogen) atoms. The van der Waals surface area contributed by atoms with Gasteiger partial charge in [-0.05, 0) is 38.6 Å². The molecular formula is C13H22N2OS. The Kier molecular flexibility index (Phi) is 4.51. The summed E-state index contributed by atoms with van der Waals surface area (Å²) in [5.74, 6) is 0.693. The van der Waals surface area contributed by atoms with E-state index in [0.717, 1.165) is 17.5 Å². The van der Waals surface area contributed by atoms with Gasteiger partial charge in [0.15, 0.2) is 0 Å². The first-order chi connectivity index (χ1) is 8.20. The summed E-state index contributed by atoms with van der Waals surface area (Å²) in [4.78, 5) is 4.37. The van der Waals surface area contributed by atoms with Crippen molar-refractivity contribution in [2.24, 2.45) is 5.92 Å². The highest BCUT2D eigenvalue weighted by atomic mass is 32.2. The van der Waals surface area contributed by atoms with Crippen LogP contribution in [0.4, 0.5) is 0 Å². The van der Waals surface area contributed by atoms with Crippen molar-refractivity contribution in [1.29, 1.82) is 0 Å². The number of hydrogen-bond donors (Lipinski definition) is 1. The number of rotatable bonds is 5. The molecule has 1 aliphatic rings. The first-order valence-electron chi connectivity index (χ1n) is 6.53. The number of nitrogens with zero attached hydrogens (tertiary/aromatic N) is 1. The second-order valence-corrected chi connectivity index (χ2v) is 6.10. The Morgan fingerprint density at radius 3 is 3.00 bits per heavy atom. The van der Waals surface area contributed by atoms with Crippen molar-refractivity contribution in [1.82, 2.24) is 10.3 Å². The lowest BCUT2D eigenvalue weighted by Gasteiger charge is -2.20. The Morgan fingerprint density at radius 1 is 1.53 bits per heavy atom. The summed E-state index contributed by atoms with van der Waals surface area (Å²) in [7, 11) is 0. The van der Waals surface area contributed by atoms with Gasteiger partial charge in [0.25, 0.3) is 5.22 Å². The topological polar surface area (TPSA) is 38.1 Å². The Balaban J connectivity index is 1.86. The fraction of sp³-hybridized carbons (Fsp3) is 0.769. The summed E-state index contributed by atoms with van der Waals surface area (Å²) in [6.07, 6.45) is 5.47. The van der Waals surface area contributed by atoms with Gasteiger partial charge < -0.3 is 9.73 Å². The van der Waals surface area contributed by atoms with Crippen molar-refractivity contribution in [2.45, 2.75) is 56.5 Å². The predicted octanol–water partition coefficient (Wildman–Crippen LogP) is 3.24. The van der Waals surface area contributed by atoms with Crippen molar-refractivity contribution < 1.29 is 4.42 Å². The van der Waals surface area contributed by atoms with E-state index in [9.17, 15) is 0 Å². The van der Waals surface area contributed by atoms with Gasteiger partial charge in [0, 0.05) is 11.3 Å². The molecule has 1 aromatic rings. The lowest BCUT2D eigenvalue weighted by atomic mass is 10.1. The maximum Gasteiger partial charge on any atom is 0.256 e. The summed E-state index contributed by atoms with van der Waals surface area (Å²) in [6, 6.07) is 0.670. The minimum atomic E-state index is 0.641. The summed E-state index contributed by atoms with van der Waals surface area (Å²) in [5, 5.41) is 5.11. The SMILES string of the molecule is CCCNC1CCC(Sc2nc(C)co2)C1C. The van der Waals surface area contributed by atoms with Crippen molar-refractivity contribution in [2.75, 3.05) is 6.54 Å². The van der Waals surface area contributed by atoms with Crippen LogP contribution in [0.3, 0.4) is 0 Å². The number of nitrogens with one attached hydrogen (secondary N) is 1. The molecule has 4 heteroatoms. The molecule has 1 aliphatic carbocycles. The number of aryl methyl sites for hydroxylation is 1. The van der Waals surface area contributed by atoms with Crippen molar-refractivity contribution >= 4 is 11.8 Å². The third-order valence-electron chi connectivity index (χ3n) is 3.49. The molecule has 1 aromatic heterocycles. The van der Waals surface area contributed by atoms with Crippen LogP contribution >= 0.6 is 11.8 Å². The lowest BCUT2D eigenvalue weighted by Crippen LogP contribution is -2.33. The molecular weight excluding hydrogens is 232 g/mol. The number of oxazole rings is 1. The standard InChI is InChI=1S/C13H22N2OS/c1-4-7-14-11-5-6-12(10(11)3)17-13-15-9(2)8-16-13/h8,10-12,14H,4-7H2,1-3H3. The van der Waals surface area contributed by atoms with Gasteiger partial charge in [-0.1, -0.05) is 25.6 Å². The van der Waals surface area contributed by atoms with Crippen molar-refractivity contribution in [3.63, 3.8) is 0 Å². The molecule has 1 heterocycles. The molecule has 2 rings (SSSR count). The fourth-order valence-corrected chi connectivity index (χ4v) is 3.65. The molecule has 0 saturated heterocycles. The van der Waals surface area contributed by atoms with Gasteiger partial charge >= 0.3 is 0 Å². The number of aromatic nitrogens is 1. The zero-order valence-electron chi connectivity index (χ0n) is 10.9. The number of hydrogen-bond acceptors (Lipinski definition) is 4. The van der Waals surface area contributed by atoms with Crippen LogP contribution in [0, 0.1) is 12.8 Å². The number of thioether (sulfide) groups is 1. The van der Waals surface area contributed by atoms with E-state index in [-0.39, 0.29) is 0 Å². The van der Waals surface area contributed by atoms with E-state index in [2.05, 4.69) is 24.1 Å². The van der Waals surface area contributed by atoms with Crippen LogP contribution in [-0.4, -0.2) is 22.8 Å². The Morgan fingerprint density at radius 2 is 2.35 bits per heavy atom. The van der Waals surface area contributed by atoms with Crippen LogP contribution in [0.25, 0.3) is 0 Å². The monoisotopic (exact) mass is 254 g/mol. The summed E-state index contributed by atoms with van der Waals surface area (Å²) in [6.45, 7) is 7.66. The predicted molar refractivity (Wildman–Crippen MR) is 71.4 cm³/mol. The van der Waals surface area contributed by atoms with Gasteiger partial charge in [-0.2, -0.15) is 0 Å². The van der Waals surface area contributed by atoms with Gasteiger partial charge in [0.05, 0.1) is 5.69 Å². The highest BCUT2D eigenvalue weighted by molar-refractivity contribution is 7.99. The highest BCUT2D eigenvalue weighted by Crippen LogP contribution is 2.38. The normalized spacial score (nSPS) is 28.8. The minimum Gasteiger partial charge on any atom is -0.440 e. The van der Waals surface area contributed by atoms with E-state index < -0.39 is 0 Å². The second kappa shape index (κ2) is 5.91. The molecule has 0 amide bonds. The molecule has 0 spiro atoms. The van der Waals surface area contributed by atoms with Crippen LogP contribution in [0.2, 0.25) is 0 Å². The zero-order chi connectivity index (χ0) is 12.3. The van der Waals surface area contributed by atoms with E-state index in [4.69, 9.17) is 4.42 Å². The molecule has 0 aliphatic heterocycles. The molecule has 1 fully saturated rings. The zero-order valence-corrected chi connectivity index (χ0v) is 11.7. The maximum absolute atomic E-state index is 5.42. The third-order valence-corrected chi connectivity index (χ3v) is 4.85. The molecule has 1 saturated carbocycles. The van der Waals surface area contributed by atoms with Gasteiger partial charge in [0.1, 0.15) is 6.26 Å². The van der Waals surface area contributed by atoms with Gasteiger partial charge in [-0.3, -0.25) is 0 Å². The van der Waals surface area contributed by atoms with Crippen molar-refractivity contribution in [3.8, 4) is 0 Å². The summed E-state index contributed by atoms with van der Waals surface area (Å²) < 4.78 is 5.42. The largest absolute Gasteiger partial charge is 0.440 e. The van der Waals surface area contributed by atoms with E-state index in [1.54, 1.807) is 18.0 Å². The van der Waals surface area contributed by atoms with Gasteiger partial charge in [-0.25, -0.2) is 4.98 Å². The van der Waals surface area contributed by atoms with Gasteiger partial charge in [0.2, 0.25) is 0 Å². The molecule has 0 aromatic carbocycles. The average Bonchev–Trinajstić information content (AvgIpc) is 2.86. The third kappa shape index (κ3) is 3.26. The quantitative estimate of drug-likeness (QED) is 0.875. The molecule has 3 unspecified atom stereocenters. The summed E-state index contributed by atoms with van der Waals surface area (Å²) in [5.41, 5.74) is 0.971. The van der Waals surface area contributed by atoms with E-state index in [1.807, 2.05) is 6.92 Å². The fourth-order valence-electron chi connectivity index (χ4n) is 2.43. The minimum absolute atomic E-state index is 0.641. The van der Waals surface area contributed by atoms with Crippen LogP contribution in [0.5, 0.6) is 0 Å². The Hall–Kier alpha value is -0.480. The first-order valence-corrected chi connectivity index (χ1v) is 7.41. The van der Waals surface area contributed by atoms with Crippen LogP contribution in [0.1, 0.15) is 38.8 Å². The molecule has 96 valence electrons. The van der Waals surface area contributed by atoms with E-state index >= 15 is 0 Å². The molecule has 0 radical (unpaired) electrons. The molecule has 1 N–H and O–H groups in total. The Bertz CT molecular complexity index is 353. The Labute approximate surface area is 108 Å². The van der Waals surface area contributed by atoms with E-state index in [1.165, 1.54) is 19.3 Å². The van der Waals surface area contributed by atoms with Crippen LogP contribution < -0.4 is 5.32 Å². The molecule has 0 bridgehead atoms. The first kappa shape index (κ1) is 13.0. The average molecular weight is 254 g/mol. The van der Waals surface area contributed by atoms with Crippen LogP contribution in [-0.2, 0) is 0 Å². The highest BCUT2D eigenvalue weighted by Gasteiger charge is 2.33. The smallest absolute Gasteiger partial charge is 0.256 e. The lowest BCUT2D eigenvalue weighted by molar-refractivity contribution is 0.426. The van der Waals surface area contributed by atoms with Gasteiger partial charge in [-0.15, -0.1) is 0 Å². The summed E-state index contributed by atoms with van der Waals surface area (Å²) >= 11 is 1.80. The molecule has 3 nitrogen and oxygen atoms in total. The maximum atomic E-state index is 5.42. The second-order valence-electron chi connectivity index (χ2n) is 4.91. The van der Waals surface area contributed by atoms with Crippen molar-refractivity contribution in [3.05, 3.63) is 12.0 Å².